The third kappa shape index (κ3) is 4.49. The van der Waals surface area contributed by atoms with E-state index in [1.807, 2.05) is 0 Å². The first-order valence-corrected chi connectivity index (χ1v) is 6.12. The van der Waals surface area contributed by atoms with Crippen molar-refractivity contribution in [3.63, 3.8) is 0 Å². The predicted octanol–water partition coefficient (Wildman–Crippen LogP) is 0.869. The number of ether oxygens (including phenoxy) is 1. The number of nitrogens with zero attached hydrogens (tertiary/aromatic N) is 1. The van der Waals surface area contributed by atoms with E-state index in [4.69, 9.17) is 0 Å². The number of esters is 1. The van der Waals surface area contributed by atoms with Crippen LogP contribution in [0.3, 0.4) is 0 Å². The second-order valence-corrected chi connectivity index (χ2v) is 4.77. The number of piperidine rings is 1. The Balaban J connectivity index is 2.11. The summed E-state index contributed by atoms with van der Waals surface area (Å²) in [5, 5.41) is 3.54. The lowest BCUT2D eigenvalue weighted by Gasteiger charge is -2.35. The Morgan fingerprint density at radius 1 is 1.56 bits per heavy atom. The summed E-state index contributed by atoms with van der Waals surface area (Å²) in [5.41, 5.74) is 0. The quantitative estimate of drug-likeness (QED) is 0.560. The molecule has 16 heavy (non-hydrogen) atoms. The standard InChI is InChI=1S/C12H24N2O2/c1-10-9-14(2)8-6-11(10)13-7-4-5-12(15)16-3/h10-11,13H,4-9H2,1-3H3. The van der Waals surface area contributed by atoms with Crippen molar-refractivity contribution in [1.29, 1.82) is 0 Å². The third-order valence-corrected chi connectivity index (χ3v) is 3.30. The molecule has 4 nitrogen and oxygen atoms in total. The van der Waals surface area contributed by atoms with Crippen LogP contribution in [0.2, 0.25) is 0 Å². The molecular formula is C12H24N2O2. The molecule has 0 aromatic rings. The Kier molecular flexibility index (Phi) is 5.77. The summed E-state index contributed by atoms with van der Waals surface area (Å²) in [6.07, 6.45) is 2.59. The molecule has 0 radical (unpaired) electrons. The van der Waals surface area contributed by atoms with Gasteiger partial charge >= 0.3 is 5.97 Å². The van der Waals surface area contributed by atoms with E-state index < -0.39 is 0 Å². The van der Waals surface area contributed by atoms with Crippen LogP contribution < -0.4 is 5.32 Å². The Hall–Kier alpha value is -0.610. The fourth-order valence-corrected chi connectivity index (χ4v) is 2.28. The van der Waals surface area contributed by atoms with Crippen LogP contribution in [0.15, 0.2) is 0 Å². The molecule has 1 N–H and O–H groups in total. The van der Waals surface area contributed by atoms with Gasteiger partial charge in [-0.05, 0) is 38.9 Å². The van der Waals surface area contributed by atoms with Crippen LogP contribution in [-0.4, -0.2) is 50.7 Å². The number of carbonyl (C=O) groups is 1. The van der Waals surface area contributed by atoms with Gasteiger partial charge in [0, 0.05) is 19.0 Å². The van der Waals surface area contributed by atoms with Gasteiger partial charge in [-0.15, -0.1) is 0 Å². The molecular weight excluding hydrogens is 204 g/mol. The maximum absolute atomic E-state index is 10.9. The van der Waals surface area contributed by atoms with Crippen molar-refractivity contribution < 1.29 is 9.53 Å². The summed E-state index contributed by atoms with van der Waals surface area (Å²) in [7, 11) is 3.61. The first-order valence-electron chi connectivity index (χ1n) is 6.12. The van der Waals surface area contributed by atoms with E-state index in [0.29, 0.717) is 18.4 Å². The average molecular weight is 228 g/mol. The molecule has 1 aliphatic rings. The van der Waals surface area contributed by atoms with Crippen molar-refractivity contribution in [3.8, 4) is 0 Å². The maximum atomic E-state index is 10.9. The molecule has 1 saturated heterocycles. The SMILES string of the molecule is COC(=O)CCCNC1CCN(C)CC1C. The monoisotopic (exact) mass is 228 g/mol. The number of likely N-dealkylation sites (tertiary alicyclic amines) is 1. The Labute approximate surface area is 98.3 Å². The van der Waals surface area contributed by atoms with E-state index in [2.05, 4.69) is 28.9 Å². The van der Waals surface area contributed by atoms with E-state index >= 15 is 0 Å². The van der Waals surface area contributed by atoms with Gasteiger partial charge in [0.15, 0.2) is 0 Å². The average Bonchev–Trinajstić information content (AvgIpc) is 2.26. The molecule has 0 aliphatic carbocycles. The zero-order chi connectivity index (χ0) is 12.0. The third-order valence-electron chi connectivity index (χ3n) is 3.30. The number of rotatable bonds is 5. The van der Waals surface area contributed by atoms with E-state index in [0.717, 1.165) is 19.5 Å². The van der Waals surface area contributed by atoms with Crippen LogP contribution in [0.25, 0.3) is 0 Å². The molecule has 1 heterocycles. The largest absolute Gasteiger partial charge is 0.469 e. The normalized spacial score (nSPS) is 26.7. The first-order chi connectivity index (χ1) is 7.63. The molecule has 4 heteroatoms. The number of methoxy groups -OCH3 is 1. The smallest absolute Gasteiger partial charge is 0.305 e. The van der Waals surface area contributed by atoms with Crippen molar-refractivity contribution in [2.45, 2.75) is 32.2 Å². The van der Waals surface area contributed by atoms with Crippen LogP contribution in [0, 0.1) is 5.92 Å². The van der Waals surface area contributed by atoms with Gasteiger partial charge in [0.25, 0.3) is 0 Å². The van der Waals surface area contributed by atoms with E-state index in [1.165, 1.54) is 20.1 Å². The number of carbonyl (C=O) groups excluding carboxylic acids is 1. The van der Waals surface area contributed by atoms with Crippen molar-refractivity contribution in [3.05, 3.63) is 0 Å². The van der Waals surface area contributed by atoms with Crippen LogP contribution in [0.1, 0.15) is 26.2 Å². The zero-order valence-electron chi connectivity index (χ0n) is 10.7. The summed E-state index contributed by atoms with van der Waals surface area (Å²) >= 11 is 0. The van der Waals surface area contributed by atoms with Gasteiger partial charge in [0.05, 0.1) is 7.11 Å². The molecule has 94 valence electrons. The van der Waals surface area contributed by atoms with Crippen molar-refractivity contribution in [1.82, 2.24) is 10.2 Å². The van der Waals surface area contributed by atoms with Crippen LogP contribution >= 0.6 is 0 Å². The molecule has 2 atom stereocenters. The topological polar surface area (TPSA) is 41.6 Å². The highest BCUT2D eigenvalue weighted by Gasteiger charge is 2.23. The van der Waals surface area contributed by atoms with Crippen LogP contribution in [0.5, 0.6) is 0 Å². The highest BCUT2D eigenvalue weighted by Crippen LogP contribution is 2.15. The van der Waals surface area contributed by atoms with Gasteiger partial charge in [-0.3, -0.25) is 4.79 Å². The molecule has 0 bridgehead atoms. The summed E-state index contributed by atoms with van der Waals surface area (Å²) in [5.74, 6) is 0.579. The fourth-order valence-electron chi connectivity index (χ4n) is 2.28. The van der Waals surface area contributed by atoms with E-state index in [9.17, 15) is 4.79 Å². The van der Waals surface area contributed by atoms with Gasteiger partial charge in [0.2, 0.25) is 0 Å². The lowest BCUT2D eigenvalue weighted by atomic mass is 9.94. The lowest BCUT2D eigenvalue weighted by molar-refractivity contribution is -0.140. The molecule has 0 aromatic heterocycles. The van der Waals surface area contributed by atoms with E-state index in [-0.39, 0.29) is 5.97 Å². The van der Waals surface area contributed by atoms with Gasteiger partial charge in [0.1, 0.15) is 0 Å². The van der Waals surface area contributed by atoms with E-state index in [1.54, 1.807) is 0 Å². The number of hydrogen-bond acceptors (Lipinski definition) is 4. The summed E-state index contributed by atoms with van der Waals surface area (Å²) in [6, 6.07) is 0.605. The molecule has 0 spiro atoms. The van der Waals surface area contributed by atoms with Gasteiger partial charge in [-0.2, -0.15) is 0 Å². The highest BCUT2D eigenvalue weighted by atomic mass is 16.5. The molecule has 1 rings (SSSR count). The minimum Gasteiger partial charge on any atom is -0.469 e. The fraction of sp³-hybridized carbons (Fsp3) is 0.917. The zero-order valence-corrected chi connectivity index (χ0v) is 10.7. The summed E-state index contributed by atoms with van der Waals surface area (Å²) in [4.78, 5) is 13.3. The van der Waals surface area contributed by atoms with Gasteiger partial charge < -0.3 is 15.0 Å². The lowest BCUT2D eigenvalue weighted by Crippen LogP contribution is -2.47. The molecule has 0 aromatic carbocycles. The minimum absolute atomic E-state index is 0.113. The molecule has 0 amide bonds. The van der Waals surface area contributed by atoms with Crippen molar-refractivity contribution in [2.75, 3.05) is 33.8 Å². The van der Waals surface area contributed by atoms with Crippen LogP contribution in [0.4, 0.5) is 0 Å². The van der Waals surface area contributed by atoms with Crippen molar-refractivity contribution >= 4 is 5.97 Å². The maximum Gasteiger partial charge on any atom is 0.305 e. The van der Waals surface area contributed by atoms with Gasteiger partial charge in [-0.1, -0.05) is 6.92 Å². The second-order valence-electron chi connectivity index (χ2n) is 4.77. The van der Waals surface area contributed by atoms with Gasteiger partial charge in [-0.25, -0.2) is 0 Å². The second kappa shape index (κ2) is 6.86. The molecule has 1 aliphatic heterocycles. The Bertz CT molecular complexity index is 221. The number of nitrogens with one attached hydrogen (secondary N) is 1. The summed E-state index contributed by atoms with van der Waals surface area (Å²) in [6.45, 7) is 5.52. The Morgan fingerprint density at radius 2 is 2.31 bits per heavy atom. The minimum atomic E-state index is -0.113. The highest BCUT2D eigenvalue weighted by molar-refractivity contribution is 5.69. The van der Waals surface area contributed by atoms with Crippen LogP contribution in [-0.2, 0) is 9.53 Å². The molecule has 0 saturated carbocycles. The summed E-state index contributed by atoms with van der Waals surface area (Å²) < 4.78 is 4.60. The molecule has 2 unspecified atom stereocenters. The number of hydrogen-bond donors (Lipinski definition) is 1. The van der Waals surface area contributed by atoms with Crippen molar-refractivity contribution in [2.24, 2.45) is 5.92 Å². The Morgan fingerprint density at radius 3 is 2.94 bits per heavy atom. The predicted molar refractivity (Wildman–Crippen MR) is 64.3 cm³/mol. The molecule has 1 fully saturated rings. The first kappa shape index (κ1) is 13.5.